The molecule has 1 aromatic carbocycles. The molecule has 0 fully saturated rings. The third-order valence-electron chi connectivity index (χ3n) is 2.64. The van der Waals surface area contributed by atoms with Gasteiger partial charge < -0.3 is 14.5 Å². The first kappa shape index (κ1) is 13.1. The quantitative estimate of drug-likeness (QED) is 0.847. The van der Waals surface area contributed by atoms with Crippen molar-refractivity contribution in [1.29, 1.82) is 0 Å². The molecule has 0 spiro atoms. The fraction of sp³-hybridized carbons (Fsp3) is 0.308. The van der Waals surface area contributed by atoms with E-state index in [1.165, 1.54) is 14.0 Å². The molecule has 100 valence electrons. The number of fused-ring (bicyclic) bond motifs is 1. The number of ether oxygens (including phenoxy) is 1. The Morgan fingerprint density at radius 3 is 2.79 bits per heavy atom. The minimum Gasteiger partial charge on any atom is -0.467 e. The van der Waals surface area contributed by atoms with E-state index in [-0.39, 0.29) is 5.91 Å². The maximum absolute atomic E-state index is 11.7. The van der Waals surface area contributed by atoms with Gasteiger partial charge in [0.2, 0.25) is 5.91 Å². The van der Waals surface area contributed by atoms with Crippen LogP contribution >= 0.6 is 0 Å². The van der Waals surface area contributed by atoms with Gasteiger partial charge in [0, 0.05) is 13.8 Å². The van der Waals surface area contributed by atoms with Crippen LogP contribution in [0.2, 0.25) is 0 Å². The Morgan fingerprint density at radius 2 is 2.16 bits per heavy atom. The zero-order chi connectivity index (χ0) is 14.0. The standard InChI is InChI=1S/C13H14N2O4/c1-7(16)14-12(13(17)18-3)9-4-5-11-10(6-9)15-8(2)19-11/h4-6,12H,1-3H3,(H,14,16). The van der Waals surface area contributed by atoms with Gasteiger partial charge in [-0.2, -0.15) is 0 Å². The average Bonchev–Trinajstić information content (AvgIpc) is 2.73. The lowest BCUT2D eigenvalue weighted by atomic mass is 10.1. The molecular formula is C13H14N2O4. The number of amides is 1. The van der Waals surface area contributed by atoms with Gasteiger partial charge in [0.1, 0.15) is 5.52 Å². The number of benzene rings is 1. The molecule has 2 rings (SSSR count). The van der Waals surface area contributed by atoms with E-state index in [0.717, 1.165) is 0 Å². The van der Waals surface area contributed by atoms with Crippen LogP contribution in [0.4, 0.5) is 0 Å². The van der Waals surface area contributed by atoms with Crippen molar-refractivity contribution in [3.8, 4) is 0 Å². The summed E-state index contributed by atoms with van der Waals surface area (Å²) in [4.78, 5) is 27.1. The highest BCUT2D eigenvalue weighted by atomic mass is 16.5. The summed E-state index contributed by atoms with van der Waals surface area (Å²) < 4.78 is 10.0. The van der Waals surface area contributed by atoms with Gasteiger partial charge in [-0.1, -0.05) is 6.07 Å². The second kappa shape index (κ2) is 5.09. The Bertz CT molecular complexity index is 633. The minimum absolute atomic E-state index is 0.313. The number of rotatable bonds is 3. The van der Waals surface area contributed by atoms with E-state index in [0.29, 0.717) is 22.6 Å². The number of esters is 1. The number of aryl methyl sites for hydroxylation is 1. The van der Waals surface area contributed by atoms with Crippen molar-refractivity contribution >= 4 is 23.0 Å². The molecule has 6 nitrogen and oxygen atoms in total. The predicted molar refractivity (Wildman–Crippen MR) is 67.3 cm³/mol. The van der Waals surface area contributed by atoms with Crippen molar-refractivity contribution in [3.63, 3.8) is 0 Å². The summed E-state index contributed by atoms with van der Waals surface area (Å²) in [6, 6.07) is 4.26. The number of methoxy groups -OCH3 is 1. The maximum Gasteiger partial charge on any atom is 0.333 e. The number of aromatic nitrogens is 1. The van der Waals surface area contributed by atoms with Gasteiger partial charge in [0.15, 0.2) is 17.5 Å². The molecule has 0 aliphatic carbocycles. The number of oxazole rings is 1. The van der Waals surface area contributed by atoms with Crippen molar-refractivity contribution in [2.75, 3.05) is 7.11 Å². The molecule has 2 aromatic rings. The van der Waals surface area contributed by atoms with Crippen LogP contribution in [0, 0.1) is 6.92 Å². The van der Waals surface area contributed by atoms with Crippen LogP contribution < -0.4 is 5.32 Å². The summed E-state index contributed by atoms with van der Waals surface area (Å²) in [7, 11) is 1.27. The zero-order valence-corrected chi connectivity index (χ0v) is 10.9. The lowest BCUT2D eigenvalue weighted by Gasteiger charge is -2.15. The zero-order valence-electron chi connectivity index (χ0n) is 10.9. The lowest BCUT2D eigenvalue weighted by molar-refractivity contribution is -0.145. The number of carbonyl (C=O) groups is 2. The van der Waals surface area contributed by atoms with Gasteiger partial charge >= 0.3 is 5.97 Å². The second-order valence-electron chi connectivity index (χ2n) is 4.12. The molecule has 1 unspecified atom stereocenters. The summed E-state index contributed by atoms with van der Waals surface area (Å²) in [5.74, 6) is -0.303. The number of hydrogen-bond donors (Lipinski definition) is 1. The highest BCUT2D eigenvalue weighted by Gasteiger charge is 2.23. The normalized spacial score (nSPS) is 12.2. The van der Waals surface area contributed by atoms with Gasteiger partial charge in [-0.15, -0.1) is 0 Å². The molecule has 6 heteroatoms. The highest BCUT2D eigenvalue weighted by Crippen LogP contribution is 2.21. The van der Waals surface area contributed by atoms with Crippen LogP contribution in [-0.4, -0.2) is 24.0 Å². The monoisotopic (exact) mass is 262 g/mol. The van der Waals surface area contributed by atoms with Crippen molar-refractivity contribution in [2.24, 2.45) is 0 Å². The molecule has 1 aromatic heterocycles. The Hall–Kier alpha value is -2.37. The van der Waals surface area contributed by atoms with E-state index in [1.54, 1.807) is 25.1 Å². The van der Waals surface area contributed by atoms with Crippen molar-refractivity contribution in [1.82, 2.24) is 10.3 Å². The molecule has 0 bridgehead atoms. The van der Waals surface area contributed by atoms with E-state index in [1.807, 2.05) is 0 Å². The summed E-state index contributed by atoms with van der Waals surface area (Å²) in [6.07, 6.45) is 0. The topological polar surface area (TPSA) is 81.4 Å². The molecule has 19 heavy (non-hydrogen) atoms. The molecule has 1 amide bonds. The Kier molecular flexibility index (Phi) is 3.50. The average molecular weight is 262 g/mol. The molecule has 0 aliphatic heterocycles. The van der Waals surface area contributed by atoms with E-state index in [9.17, 15) is 9.59 Å². The van der Waals surface area contributed by atoms with Gasteiger partial charge in [-0.05, 0) is 17.7 Å². The molecule has 0 aliphatic rings. The van der Waals surface area contributed by atoms with Gasteiger partial charge in [-0.3, -0.25) is 4.79 Å². The van der Waals surface area contributed by atoms with Gasteiger partial charge in [0.25, 0.3) is 0 Å². The summed E-state index contributed by atoms with van der Waals surface area (Å²) in [5.41, 5.74) is 1.87. The first-order valence-corrected chi connectivity index (χ1v) is 5.73. The van der Waals surface area contributed by atoms with Crippen LogP contribution in [0.3, 0.4) is 0 Å². The Balaban J connectivity index is 2.42. The molecule has 1 atom stereocenters. The van der Waals surface area contributed by atoms with Crippen molar-refractivity contribution in [3.05, 3.63) is 29.7 Å². The van der Waals surface area contributed by atoms with Gasteiger partial charge in [-0.25, -0.2) is 9.78 Å². The predicted octanol–water partition coefficient (Wildman–Crippen LogP) is 1.49. The fourth-order valence-corrected chi connectivity index (χ4v) is 1.84. The van der Waals surface area contributed by atoms with E-state index in [2.05, 4.69) is 15.0 Å². The smallest absolute Gasteiger partial charge is 0.333 e. The van der Waals surface area contributed by atoms with Crippen LogP contribution in [-0.2, 0) is 14.3 Å². The SMILES string of the molecule is COC(=O)C(NC(C)=O)c1ccc2oc(C)nc2c1. The third kappa shape index (κ3) is 2.73. The minimum atomic E-state index is -0.844. The second-order valence-corrected chi connectivity index (χ2v) is 4.12. The van der Waals surface area contributed by atoms with E-state index < -0.39 is 12.0 Å². The molecule has 0 saturated carbocycles. The van der Waals surface area contributed by atoms with Crippen LogP contribution in [0.25, 0.3) is 11.1 Å². The lowest BCUT2D eigenvalue weighted by Crippen LogP contribution is -2.32. The fourth-order valence-electron chi connectivity index (χ4n) is 1.84. The summed E-state index contributed by atoms with van der Waals surface area (Å²) in [5, 5.41) is 2.55. The van der Waals surface area contributed by atoms with Crippen LogP contribution in [0.15, 0.2) is 22.6 Å². The number of nitrogens with zero attached hydrogens (tertiary/aromatic N) is 1. The Morgan fingerprint density at radius 1 is 1.42 bits per heavy atom. The Labute approximate surface area is 109 Å². The first-order valence-electron chi connectivity index (χ1n) is 5.73. The molecule has 1 N–H and O–H groups in total. The van der Waals surface area contributed by atoms with E-state index in [4.69, 9.17) is 4.42 Å². The first-order chi connectivity index (χ1) is 9.01. The molecular weight excluding hydrogens is 248 g/mol. The largest absolute Gasteiger partial charge is 0.467 e. The number of carbonyl (C=O) groups excluding carboxylic acids is 2. The van der Waals surface area contributed by atoms with E-state index >= 15 is 0 Å². The summed E-state index contributed by atoms with van der Waals surface area (Å²) >= 11 is 0. The van der Waals surface area contributed by atoms with Crippen LogP contribution in [0.5, 0.6) is 0 Å². The van der Waals surface area contributed by atoms with Gasteiger partial charge in [0.05, 0.1) is 7.11 Å². The summed E-state index contributed by atoms with van der Waals surface area (Å²) in [6.45, 7) is 3.08. The number of hydrogen-bond acceptors (Lipinski definition) is 5. The number of nitrogens with one attached hydrogen (secondary N) is 1. The molecule has 0 radical (unpaired) electrons. The maximum atomic E-state index is 11.7. The van der Waals surface area contributed by atoms with Crippen LogP contribution in [0.1, 0.15) is 24.4 Å². The highest BCUT2D eigenvalue weighted by molar-refractivity contribution is 5.85. The van der Waals surface area contributed by atoms with Crippen molar-refractivity contribution in [2.45, 2.75) is 19.9 Å². The molecule has 0 saturated heterocycles. The molecule has 1 heterocycles. The van der Waals surface area contributed by atoms with Crippen molar-refractivity contribution < 1.29 is 18.7 Å². The third-order valence-corrected chi connectivity index (χ3v) is 2.64.